The molecule has 7 heteroatoms. The Morgan fingerprint density at radius 1 is 1.22 bits per heavy atom. The number of rotatable bonds is 5. The highest BCUT2D eigenvalue weighted by molar-refractivity contribution is 7.81. The first-order valence-electron chi connectivity index (χ1n) is 8.15. The van der Waals surface area contributed by atoms with Gasteiger partial charge in [-0.15, -0.1) is 11.3 Å². The highest BCUT2D eigenvalue weighted by Gasteiger charge is 2.20. The summed E-state index contributed by atoms with van der Waals surface area (Å²) < 4.78 is 2.17. The van der Waals surface area contributed by atoms with Crippen LogP contribution >= 0.6 is 35.2 Å². The molecule has 2 heterocycles. The Hall–Kier alpha value is -2.25. The standard InChI is InChI=1S/C20H17ClN2O2S2/c1-13-5-2-3-7-15(13)22-20(26)18(19(25)16-8-9-17(21)27-16)23-10-4-6-14(11-23)12-24/h2-11,24H,12H2,1H3,(H-,22,25,26). The number of aliphatic hydroxyl groups is 1. The number of thiophene rings is 1. The van der Waals surface area contributed by atoms with Crippen LogP contribution in [0.25, 0.3) is 11.5 Å². The number of pyridine rings is 1. The van der Waals surface area contributed by atoms with E-state index < -0.39 is 0 Å². The summed E-state index contributed by atoms with van der Waals surface area (Å²) in [6.07, 6.45) is 3.42. The molecular weight excluding hydrogens is 400 g/mol. The summed E-state index contributed by atoms with van der Waals surface area (Å²) in [7, 11) is 0. The minimum atomic E-state index is -0.238. The number of benzene rings is 1. The Balaban J connectivity index is 2.09. The van der Waals surface area contributed by atoms with Crippen LogP contribution in [0.15, 0.2) is 60.9 Å². The van der Waals surface area contributed by atoms with Crippen LogP contribution in [0.3, 0.4) is 0 Å². The monoisotopic (exact) mass is 416 g/mol. The second kappa shape index (κ2) is 8.63. The van der Waals surface area contributed by atoms with Crippen molar-refractivity contribution < 1.29 is 14.8 Å². The number of nitrogens with one attached hydrogen (secondary N) is 1. The summed E-state index contributed by atoms with van der Waals surface area (Å²) in [5.74, 6) is -0.238. The van der Waals surface area contributed by atoms with Gasteiger partial charge in [0.15, 0.2) is 17.4 Å². The average Bonchev–Trinajstić information content (AvgIpc) is 3.10. The van der Waals surface area contributed by atoms with Crippen LogP contribution in [0, 0.1) is 6.92 Å². The van der Waals surface area contributed by atoms with Crippen LogP contribution in [0.2, 0.25) is 4.34 Å². The zero-order chi connectivity index (χ0) is 19.4. The quantitative estimate of drug-likeness (QED) is 0.288. The van der Waals surface area contributed by atoms with Gasteiger partial charge in [-0.05, 0) is 42.5 Å². The fraction of sp³-hybridized carbons (Fsp3) is 0.100. The molecule has 3 rings (SSSR count). The van der Waals surface area contributed by atoms with E-state index in [-0.39, 0.29) is 12.4 Å². The minimum absolute atomic E-state index is 0.134. The van der Waals surface area contributed by atoms with Gasteiger partial charge in [0.2, 0.25) is 5.70 Å². The molecule has 3 aromatic rings. The number of hydrogen-bond donors (Lipinski definition) is 2. The zero-order valence-corrected chi connectivity index (χ0v) is 16.9. The lowest BCUT2D eigenvalue weighted by atomic mass is 10.2. The third-order valence-corrected chi connectivity index (χ3v) is 5.45. The summed E-state index contributed by atoms with van der Waals surface area (Å²) in [4.78, 5) is 0.782. The second-order valence-electron chi connectivity index (χ2n) is 5.83. The van der Waals surface area contributed by atoms with E-state index in [1.807, 2.05) is 31.2 Å². The van der Waals surface area contributed by atoms with Crippen molar-refractivity contribution in [2.45, 2.75) is 13.5 Å². The molecule has 0 amide bonds. The molecule has 1 aromatic carbocycles. The van der Waals surface area contributed by atoms with Crippen LogP contribution in [0.1, 0.15) is 16.0 Å². The molecule has 0 aliphatic heterocycles. The topological polar surface area (TPSA) is 59.2 Å². The van der Waals surface area contributed by atoms with E-state index in [0.29, 0.717) is 25.5 Å². The number of halogens is 1. The average molecular weight is 417 g/mol. The number of hydrogen-bond acceptors (Lipinski definition) is 4. The minimum Gasteiger partial charge on any atom is -0.867 e. The first-order chi connectivity index (χ1) is 13.0. The maximum atomic E-state index is 13.2. The smallest absolute Gasteiger partial charge is 0.239 e. The van der Waals surface area contributed by atoms with E-state index in [0.717, 1.165) is 11.3 Å². The number of nitrogens with zero attached hydrogens (tertiary/aromatic N) is 1. The molecule has 0 bridgehead atoms. The number of aryl methyl sites for hydroxylation is 1. The Bertz CT molecular complexity index is 1010. The van der Waals surface area contributed by atoms with Crippen LogP contribution in [-0.4, -0.2) is 10.1 Å². The Morgan fingerprint density at radius 2 is 2.00 bits per heavy atom. The van der Waals surface area contributed by atoms with Crippen LogP contribution in [0.4, 0.5) is 5.69 Å². The molecular formula is C20H17ClN2O2S2. The Morgan fingerprint density at radius 3 is 2.67 bits per heavy atom. The molecule has 0 radical (unpaired) electrons. The summed E-state index contributed by atoms with van der Waals surface area (Å²) in [6.45, 7) is 1.83. The maximum Gasteiger partial charge on any atom is 0.239 e. The Labute approximate surface area is 172 Å². The number of anilines is 1. The highest BCUT2D eigenvalue weighted by atomic mass is 35.5. The Kier molecular flexibility index (Phi) is 6.23. The first-order valence-corrected chi connectivity index (χ1v) is 9.75. The van der Waals surface area contributed by atoms with Gasteiger partial charge in [-0.3, -0.25) is 0 Å². The molecule has 138 valence electrons. The van der Waals surface area contributed by atoms with Crippen molar-refractivity contribution in [3.8, 4) is 0 Å². The van der Waals surface area contributed by atoms with E-state index >= 15 is 0 Å². The van der Waals surface area contributed by atoms with E-state index in [1.165, 1.54) is 11.3 Å². The fourth-order valence-electron chi connectivity index (χ4n) is 2.54. The normalized spacial score (nSPS) is 11.8. The molecule has 0 fully saturated rings. The van der Waals surface area contributed by atoms with Gasteiger partial charge in [-0.1, -0.05) is 42.0 Å². The molecule has 0 saturated carbocycles. The van der Waals surface area contributed by atoms with Gasteiger partial charge < -0.3 is 15.5 Å². The zero-order valence-electron chi connectivity index (χ0n) is 14.5. The van der Waals surface area contributed by atoms with Crippen molar-refractivity contribution in [2.75, 3.05) is 5.32 Å². The molecule has 2 aromatic heterocycles. The number of aliphatic hydroxyl groups excluding tert-OH is 1. The van der Waals surface area contributed by atoms with Gasteiger partial charge in [0, 0.05) is 22.2 Å². The predicted octanol–water partition coefficient (Wildman–Crippen LogP) is 3.62. The van der Waals surface area contributed by atoms with Crippen molar-refractivity contribution in [3.05, 3.63) is 81.3 Å². The van der Waals surface area contributed by atoms with Crippen molar-refractivity contribution >= 4 is 57.3 Å². The van der Waals surface area contributed by atoms with Gasteiger partial charge in [-0.2, -0.15) is 4.57 Å². The molecule has 4 nitrogen and oxygen atoms in total. The van der Waals surface area contributed by atoms with Crippen LogP contribution < -0.4 is 15.0 Å². The second-order valence-corrected chi connectivity index (χ2v) is 7.95. The first kappa shape index (κ1) is 19.5. The third kappa shape index (κ3) is 4.54. The fourth-order valence-corrected chi connectivity index (χ4v) is 3.83. The van der Waals surface area contributed by atoms with E-state index in [9.17, 15) is 10.2 Å². The molecule has 0 aliphatic carbocycles. The lowest BCUT2D eigenvalue weighted by Crippen LogP contribution is -2.40. The largest absolute Gasteiger partial charge is 0.867 e. The molecule has 2 N–H and O–H groups in total. The van der Waals surface area contributed by atoms with Gasteiger partial charge in [0.05, 0.1) is 10.9 Å². The van der Waals surface area contributed by atoms with Crippen molar-refractivity contribution in [3.63, 3.8) is 0 Å². The lowest BCUT2D eigenvalue weighted by molar-refractivity contribution is -0.578. The van der Waals surface area contributed by atoms with Crippen molar-refractivity contribution in [1.29, 1.82) is 0 Å². The van der Waals surface area contributed by atoms with E-state index in [1.54, 1.807) is 41.2 Å². The van der Waals surface area contributed by atoms with Crippen molar-refractivity contribution in [1.82, 2.24) is 0 Å². The van der Waals surface area contributed by atoms with E-state index in [2.05, 4.69) is 5.32 Å². The van der Waals surface area contributed by atoms with Gasteiger partial charge >= 0.3 is 0 Å². The summed E-state index contributed by atoms with van der Waals surface area (Å²) in [6, 6.07) is 14.6. The molecule has 0 saturated heterocycles. The SMILES string of the molecule is Cc1ccccc1NC(=S)C(=C([O-])c1ccc(Cl)s1)[n+]1cccc(CO)c1. The third-order valence-electron chi connectivity index (χ3n) is 3.92. The number of para-hydroxylation sites is 1. The lowest BCUT2D eigenvalue weighted by Gasteiger charge is -2.16. The number of thiocarbonyl (C=S) groups is 1. The summed E-state index contributed by atoms with van der Waals surface area (Å²) in [5.41, 5.74) is 2.81. The molecule has 27 heavy (non-hydrogen) atoms. The van der Waals surface area contributed by atoms with Crippen LogP contribution in [0.5, 0.6) is 0 Å². The van der Waals surface area contributed by atoms with Gasteiger partial charge in [-0.25, -0.2) is 0 Å². The summed E-state index contributed by atoms with van der Waals surface area (Å²) in [5, 5.41) is 25.8. The van der Waals surface area contributed by atoms with Crippen molar-refractivity contribution in [2.24, 2.45) is 0 Å². The van der Waals surface area contributed by atoms with Gasteiger partial charge in [0.1, 0.15) is 0 Å². The van der Waals surface area contributed by atoms with Gasteiger partial charge in [0.25, 0.3) is 0 Å². The summed E-state index contributed by atoms with van der Waals surface area (Å²) >= 11 is 12.8. The maximum absolute atomic E-state index is 13.2. The molecule has 0 unspecified atom stereocenters. The molecule has 0 spiro atoms. The predicted molar refractivity (Wildman–Crippen MR) is 112 cm³/mol. The molecule has 0 atom stereocenters. The molecule has 0 aliphatic rings. The highest BCUT2D eigenvalue weighted by Crippen LogP contribution is 2.27. The van der Waals surface area contributed by atoms with E-state index in [4.69, 9.17) is 23.8 Å². The van der Waals surface area contributed by atoms with Crippen LogP contribution in [-0.2, 0) is 6.61 Å². The number of aromatic nitrogens is 1.